The minimum atomic E-state index is -0.942. The van der Waals surface area contributed by atoms with Crippen molar-refractivity contribution in [3.63, 3.8) is 0 Å². The smallest absolute Gasteiger partial charge is 0.337 e. The molecule has 3 rings (SSSR count). The second kappa shape index (κ2) is 4.94. The molecule has 0 atom stereocenters. The summed E-state index contributed by atoms with van der Waals surface area (Å²) in [5.41, 5.74) is 3.92. The fourth-order valence-electron chi connectivity index (χ4n) is 2.19. The zero-order valence-electron chi connectivity index (χ0n) is 11.8. The Balaban J connectivity index is 2.02. The van der Waals surface area contributed by atoms with Crippen LogP contribution in [0.25, 0.3) is 16.9 Å². The molecule has 1 N–H and O–H groups in total. The van der Waals surface area contributed by atoms with Crippen LogP contribution in [0, 0.1) is 0 Å². The van der Waals surface area contributed by atoms with Gasteiger partial charge in [-0.3, -0.25) is 0 Å². The molecule has 2 aromatic heterocycles. The second-order valence-electron chi connectivity index (χ2n) is 5.06. The molecular formula is C16H15N3O2. The van der Waals surface area contributed by atoms with Gasteiger partial charge in [-0.1, -0.05) is 12.1 Å². The van der Waals surface area contributed by atoms with Crippen molar-refractivity contribution < 1.29 is 9.90 Å². The molecule has 0 fully saturated rings. The van der Waals surface area contributed by atoms with E-state index in [4.69, 9.17) is 5.11 Å². The van der Waals surface area contributed by atoms with Crippen LogP contribution in [0.4, 0.5) is 5.69 Å². The van der Waals surface area contributed by atoms with Crippen molar-refractivity contribution in [1.82, 2.24) is 9.38 Å². The molecule has 3 aromatic rings. The van der Waals surface area contributed by atoms with E-state index in [0.717, 1.165) is 22.6 Å². The van der Waals surface area contributed by atoms with Crippen molar-refractivity contribution in [2.75, 3.05) is 19.0 Å². The van der Waals surface area contributed by atoms with Crippen LogP contribution in [-0.4, -0.2) is 34.6 Å². The summed E-state index contributed by atoms with van der Waals surface area (Å²) in [6, 6.07) is 11.3. The maximum atomic E-state index is 11.0. The Morgan fingerprint density at radius 2 is 1.81 bits per heavy atom. The van der Waals surface area contributed by atoms with Gasteiger partial charge in [0.1, 0.15) is 5.65 Å². The molecule has 0 radical (unpaired) electrons. The van der Waals surface area contributed by atoms with Gasteiger partial charge in [0, 0.05) is 37.7 Å². The largest absolute Gasteiger partial charge is 0.478 e. The number of nitrogens with zero attached hydrogens (tertiary/aromatic N) is 3. The second-order valence-corrected chi connectivity index (χ2v) is 5.06. The maximum absolute atomic E-state index is 11.0. The van der Waals surface area contributed by atoms with Gasteiger partial charge in [0.25, 0.3) is 0 Å². The van der Waals surface area contributed by atoms with E-state index < -0.39 is 5.97 Å². The molecular weight excluding hydrogens is 266 g/mol. The number of rotatable bonds is 3. The maximum Gasteiger partial charge on any atom is 0.337 e. The van der Waals surface area contributed by atoms with Gasteiger partial charge in [-0.05, 0) is 24.3 Å². The number of pyridine rings is 1. The molecule has 0 bridgehead atoms. The lowest BCUT2D eigenvalue weighted by Crippen LogP contribution is -2.07. The van der Waals surface area contributed by atoms with E-state index in [-0.39, 0.29) is 5.56 Å². The third kappa shape index (κ3) is 2.45. The van der Waals surface area contributed by atoms with E-state index in [1.54, 1.807) is 22.7 Å². The number of benzene rings is 1. The van der Waals surface area contributed by atoms with Crippen LogP contribution in [0.15, 0.2) is 48.8 Å². The summed E-state index contributed by atoms with van der Waals surface area (Å²) in [7, 11) is 3.99. The molecule has 0 saturated carbocycles. The Bertz CT molecular complexity index is 804. The number of carboxylic acid groups (broad SMARTS) is 1. The normalized spacial score (nSPS) is 10.8. The number of anilines is 1. The number of fused-ring (bicyclic) bond motifs is 1. The van der Waals surface area contributed by atoms with Gasteiger partial charge in [-0.15, -0.1) is 0 Å². The molecule has 0 amide bonds. The first-order valence-electron chi connectivity index (χ1n) is 6.54. The summed E-state index contributed by atoms with van der Waals surface area (Å²) < 4.78 is 1.73. The minimum absolute atomic E-state index is 0.245. The van der Waals surface area contributed by atoms with Crippen LogP contribution >= 0.6 is 0 Å². The SMILES string of the molecule is CN(C)c1ccc(-c2cn3cc(C(=O)O)ccc3n2)cc1. The van der Waals surface area contributed by atoms with Gasteiger partial charge < -0.3 is 14.4 Å². The molecule has 106 valence electrons. The van der Waals surface area contributed by atoms with Crippen LogP contribution in [0.5, 0.6) is 0 Å². The molecule has 2 heterocycles. The van der Waals surface area contributed by atoms with E-state index >= 15 is 0 Å². The topological polar surface area (TPSA) is 57.8 Å². The standard InChI is InChI=1S/C16H15N3O2/c1-18(2)13-6-3-11(4-7-13)14-10-19-9-12(16(20)21)5-8-15(19)17-14/h3-10H,1-2H3,(H,20,21). The van der Waals surface area contributed by atoms with Gasteiger partial charge in [0.05, 0.1) is 11.3 Å². The van der Waals surface area contributed by atoms with Crippen LogP contribution in [-0.2, 0) is 0 Å². The summed E-state index contributed by atoms with van der Waals surface area (Å²) in [6.07, 6.45) is 3.41. The summed E-state index contributed by atoms with van der Waals surface area (Å²) >= 11 is 0. The van der Waals surface area contributed by atoms with Gasteiger partial charge in [0.15, 0.2) is 0 Å². The van der Waals surface area contributed by atoms with Crippen LogP contribution < -0.4 is 4.90 Å². The number of aromatic nitrogens is 2. The number of hydrogen-bond acceptors (Lipinski definition) is 3. The van der Waals surface area contributed by atoms with Gasteiger partial charge in [-0.2, -0.15) is 0 Å². The van der Waals surface area contributed by atoms with Crippen LogP contribution in [0.3, 0.4) is 0 Å². The number of imidazole rings is 1. The molecule has 21 heavy (non-hydrogen) atoms. The summed E-state index contributed by atoms with van der Waals surface area (Å²) in [4.78, 5) is 17.5. The Hall–Kier alpha value is -2.82. The highest BCUT2D eigenvalue weighted by Crippen LogP contribution is 2.22. The lowest BCUT2D eigenvalue weighted by atomic mass is 10.1. The lowest BCUT2D eigenvalue weighted by Gasteiger charge is -2.12. The van der Waals surface area contributed by atoms with Crippen molar-refractivity contribution in [3.8, 4) is 11.3 Å². The molecule has 0 spiro atoms. The van der Waals surface area contributed by atoms with E-state index in [9.17, 15) is 4.79 Å². The Morgan fingerprint density at radius 3 is 2.43 bits per heavy atom. The number of aromatic carboxylic acids is 1. The molecule has 0 aliphatic heterocycles. The summed E-state index contributed by atoms with van der Waals surface area (Å²) in [5.74, 6) is -0.942. The third-order valence-corrected chi connectivity index (χ3v) is 3.38. The highest BCUT2D eigenvalue weighted by molar-refractivity contribution is 5.87. The van der Waals surface area contributed by atoms with Gasteiger partial charge in [-0.25, -0.2) is 9.78 Å². The van der Waals surface area contributed by atoms with E-state index in [2.05, 4.69) is 4.98 Å². The summed E-state index contributed by atoms with van der Waals surface area (Å²) in [6.45, 7) is 0. The number of carbonyl (C=O) groups is 1. The first kappa shape index (κ1) is 13.2. The Morgan fingerprint density at radius 1 is 1.10 bits per heavy atom. The molecule has 5 heteroatoms. The zero-order valence-corrected chi connectivity index (χ0v) is 11.8. The lowest BCUT2D eigenvalue weighted by molar-refractivity contribution is 0.0696. The predicted molar refractivity (Wildman–Crippen MR) is 81.9 cm³/mol. The first-order valence-corrected chi connectivity index (χ1v) is 6.54. The van der Waals surface area contributed by atoms with Gasteiger partial charge in [0.2, 0.25) is 0 Å². The average Bonchev–Trinajstić information content (AvgIpc) is 2.90. The quantitative estimate of drug-likeness (QED) is 0.802. The molecule has 0 aliphatic rings. The van der Waals surface area contributed by atoms with E-state index in [1.807, 2.05) is 49.5 Å². The molecule has 1 aromatic carbocycles. The molecule has 5 nitrogen and oxygen atoms in total. The van der Waals surface area contributed by atoms with Crippen molar-refractivity contribution in [3.05, 3.63) is 54.4 Å². The Labute approximate surface area is 122 Å². The highest BCUT2D eigenvalue weighted by Gasteiger charge is 2.08. The highest BCUT2D eigenvalue weighted by atomic mass is 16.4. The average molecular weight is 281 g/mol. The van der Waals surface area contributed by atoms with Gasteiger partial charge >= 0.3 is 5.97 Å². The fraction of sp³-hybridized carbons (Fsp3) is 0.125. The number of hydrogen-bond donors (Lipinski definition) is 1. The van der Waals surface area contributed by atoms with Crippen molar-refractivity contribution in [1.29, 1.82) is 0 Å². The van der Waals surface area contributed by atoms with E-state index in [0.29, 0.717) is 0 Å². The number of carboxylic acids is 1. The Kier molecular flexibility index (Phi) is 3.10. The van der Waals surface area contributed by atoms with Crippen molar-refractivity contribution >= 4 is 17.3 Å². The predicted octanol–water partition coefficient (Wildman–Crippen LogP) is 2.77. The van der Waals surface area contributed by atoms with Crippen LogP contribution in [0.1, 0.15) is 10.4 Å². The molecule has 0 aliphatic carbocycles. The van der Waals surface area contributed by atoms with Crippen LogP contribution in [0.2, 0.25) is 0 Å². The van der Waals surface area contributed by atoms with Crippen molar-refractivity contribution in [2.24, 2.45) is 0 Å². The van der Waals surface area contributed by atoms with E-state index in [1.165, 1.54) is 0 Å². The molecule has 0 unspecified atom stereocenters. The summed E-state index contributed by atoms with van der Waals surface area (Å²) in [5, 5.41) is 9.01. The minimum Gasteiger partial charge on any atom is -0.478 e. The zero-order chi connectivity index (χ0) is 15.0. The van der Waals surface area contributed by atoms with Crippen molar-refractivity contribution in [2.45, 2.75) is 0 Å². The molecule has 0 saturated heterocycles. The monoisotopic (exact) mass is 281 g/mol. The fourth-order valence-corrected chi connectivity index (χ4v) is 2.19. The third-order valence-electron chi connectivity index (χ3n) is 3.38. The first-order chi connectivity index (χ1) is 10.0.